The summed E-state index contributed by atoms with van der Waals surface area (Å²) in [6, 6.07) is 7.29. The lowest BCUT2D eigenvalue weighted by atomic mass is 10.2. The van der Waals surface area contributed by atoms with Crippen molar-refractivity contribution in [2.75, 3.05) is 0 Å². The smallest absolute Gasteiger partial charge is 0.214 e. The number of nitrogens with zero attached hydrogens (tertiary/aromatic N) is 4. The molecule has 2 aromatic rings. The summed E-state index contributed by atoms with van der Waals surface area (Å²) < 4.78 is 3.04. The fourth-order valence-corrected chi connectivity index (χ4v) is 3.36. The van der Waals surface area contributed by atoms with Crippen molar-refractivity contribution in [3.8, 4) is 0 Å². The number of rotatable bonds is 6. The average molecular weight is 368 g/mol. The van der Waals surface area contributed by atoms with Crippen LogP contribution in [0.5, 0.6) is 0 Å². The van der Waals surface area contributed by atoms with Crippen LogP contribution in [-0.4, -0.2) is 26.2 Å². The highest BCUT2D eigenvalue weighted by Crippen LogP contribution is 2.38. The van der Waals surface area contributed by atoms with Gasteiger partial charge in [0.2, 0.25) is 5.16 Å². The van der Waals surface area contributed by atoms with Gasteiger partial charge >= 0.3 is 0 Å². The van der Waals surface area contributed by atoms with E-state index in [2.05, 4.69) is 68.8 Å². The summed E-state index contributed by atoms with van der Waals surface area (Å²) in [6.45, 7) is 5.14. The van der Waals surface area contributed by atoms with Gasteiger partial charge in [-0.05, 0) is 58.8 Å². The lowest BCUT2D eigenvalue weighted by molar-refractivity contribution is 0.565. The van der Waals surface area contributed by atoms with Crippen LogP contribution in [-0.2, 0) is 6.54 Å². The van der Waals surface area contributed by atoms with Crippen LogP contribution in [0, 0.1) is 0 Å². The Bertz CT molecular complexity index is 624. The number of aromatic nitrogens is 4. The first-order valence-corrected chi connectivity index (χ1v) is 8.72. The van der Waals surface area contributed by atoms with Crippen molar-refractivity contribution in [1.82, 2.24) is 25.5 Å². The van der Waals surface area contributed by atoms with Crippen LogP contribution >= 0.6 is 27.7 Å². The van der Waals surface area contributed by atoms with Crippen molar-refractivity contribution in [2.24, 2.45) is 0 Å². The number of nitrogens with one attached hydrogen (secondary N) is 1. The third-order valence-electron chi connectivity index (χ3n) is 3.28. The molecule has 0 saturated heterocycles. The predicted molar refractivity (Wildman–Crippen MR) is 86.3 cm³/mol. The highest BCUT2D eigenvalue weighted by molar-refractivity contribution is 9.10. The second-order valence-corrected chi connectivity index (χ2v) is 7.45. The van der Waals surface area contributed by atoms with Crippen LogP contribution in [0.1, 0.15) is 38.3 Å². The summed E-state index contributed by atoms with van der Waals surface area (Å²) in [7, 11) is 0. The second kappa shape index (κ2) is 6.46. The van der Waals surface area contributed by atoms with Gasteiger partial charge in [-0.15, -0.1) is 5.10 Å². The molecule has 0 spiro atoms. The zero-order valence-electron chi connectivity index (χ0n) is 12.1. The van der Waals surface area contributed by atoms with Gasteiger partial charge in [0, 0.05) is 22.0 Å². The minimum absolute atomic E-state index is 0.457. The zero-order chi connectivity index (χ0) is 14.8. The summed E-state index contributed by atoms with van der Waals surface area (Å²) in [4.78, 5) is 1.20. The first kappa shape index (κ1) is 15.0. The molecule has 0 bridgehead atoms. The minimum atomic E-state index is 0.457. The molecule has 5 nitrogen and oxygen atoms in total. The third kappa shape index (κ3) is 3.84. The molecule has 0 amide bonds. The van der Waals surface area contributed by atoms with E-state index in [9.17, 15) is 0 Å². The lowest BCUT2D eigenvalue weighted by Crippen LogP contribution is -2.22. The van der Waals surface area contributed by atoms with E-state index in [1.54, 1.807) is 11.8 Å². The predicted octanol–water partition coefficient (Wildman–Crippen LogP) is 3.42. The Balaban J connectivity index is 1.81. The number of tetrazole rings is 1. The number of hydrogen-bond acceptors (Lipinski definition) is 5. The monoisotopic (exact) mass is 367 g/mol. The van der Waals surface area contributed by atoms with Crippen molar-refractivity contribution >= 4 is 27.7 Å². The van der Waals surface area contributed by atoms with E-state index in [1.165, 1.54) is 23.3 Å². The van der Waals surface area contributed by atoms with E-state index >= 15 is 0 Å². The minimum Gasteiger partial charge on any atom is -0.310 e. The van der Waals surface area contributed by atoms with Crippen LogP contribution in [0.4, 0.5) is 0 Å². The molecular formula is C14H18BrN5S. The van der Waals surface area contributed by atoms with E-state index in [-0.39, 0.29) is 0 Å². The molecule has 1 fully saturated rings. The molecule has 0 atom stereocenters. The lowest BCUT2D eigenvalue weighted by Gasteiger charge is -2.12. The van der Waals surface area contributed by atoms with Crippen molar-refractivity contribution in [3.63, 3.8) is 0 Å². The summed E-state index contributed by atoms with van der Waals surface area (Å²) in [5.41, 5.74) is 1.26. The van der Waals surface area contributed by atoms with E-state index in [0.717, 1.165) is 16.2 Å². The van der Waals surface area contributed by atoms with E-state index < -0.39 is 0 Å². The molecule has 0 unspecified atom stereocenters. The van der Waals surface area contributed by atoms with E-state index in [4.69, 9.17) is 0 Å². The van der Waals surface area contributed by atoms with Crippen LogP contribution in [0.25, 0.3) is 0 Å². The normalized spacial score (nSPS) is 14.9. The molecule has 7 heteroatoms. The Morgan fingerprint density at radius 3 is 2.95 bits per heavy atom. The topological polar surface area (TPSA) is 55.6 Å². The zero-order valence-corrected chi connectivity index (χ0v) is 14.5. The average Bonchev–Trinajstić information content (AvgIpc) is 3.19. The molecule has 1 heterocycles. The molecule has 1 aliphatic rings. The van der Waals surface area contributed by atoms with Crippen molar-refractivity contribution in [3.05, 3.63) is 28.2 Å². The maximum atomic E-state index is 4.16. The molecule has 1 N–H and O–H groups in total. The first-order chi connectivity index (χ1) is 10.1. The van der Waals surface area contributed by atoms with Crippen molar-refractivity contribution < 1.29 is 0 Å². The first-order valence-electron chi connectivity index (χ1n) is 7.11. The molecule has 0 aliphatic heterocycles. The molecule has 0 radical (unpaired) electrons. The third-order valence-corrected chi connectivity index (χ3v) is 4.84. The van der Waals surface area contributed by atoms with Crippen molar-refractivity contribution in [1.29, 1.82) is 0 Å². The van der Waals surface area contributed by atoms with E-state index in [0.29, 0.717) is 12.1 Å². The van der Waals surface area contributed by atoms with Gasteiger partial charge in [-0.25, -0.2) is 4.68 Å². The Morgan fingerprint density at radius 1 is 1.43 bits per heavy atom. The summed E-state index contributed by atoms with van der Waals surface area (Å²) in [6.07, 6.45) is 2.36. The molecule has 21 heavy (non-hydrogen) atoms. The fraction of sp³-hybridized carbons (Fsp3) is 0.500. The molecule has 1 aromatic heterocycles. The van der Waals surface area contributed by atoms with Gasteiger partial charge < -0.3 is 5.32 Å². The fourth-order valence-electron chi connectivity index (χ4n) is 2.00. The van der Waals surface area contributed by atoms with Crippen LogP contribution in [0.3, 0.4) is 0 Å². The Morgan fingerprint density at radius 2 is 2.24 bits per heavy atom. The highest BCUT2D eigenvalue weighted by Gasteiger charge is 2.28. The van der Waals surface area contributed by atoms with Crippen LogP contribution in [0.15, 0.2) is 32.7 Å². The molecule has 1 saturated carbocycles. The molecule has 1 aromatic carbocycles. The van der Waals surface area contributed by atoms with E-state index in [1.807, 2.05) is 4.68 Å². The SMILES string of the molecule is CC(C)NCc1cc(Br)ccc1Sc1nnnn1C1CC1. The van der Waals surface area contributed by atoms with Gasteiger partial charge in [-0.3, -0.25) is 0 Å². The molecular weight excluding hydrogens is 350 g/mol. The van der Waals surface area contributed by atoms with Crippen LogP contribution < -0.4 is 5.32 Å². The van der Waals surface area contributed by atoms with Gasteiger partial charge in [0.15, 0.2) is 0 Å². The maximum Gasteiger partial charge on any atom is 0.214 e. The Kier molecular flexibility index (Phi) is 4.61. The maximum absolute atomic E-state index is 4.16. The standard InChI is InChI=1S/C14H18BrN5S/c1-9(2)16-8-10-7-11(15)3-6-13(10)21-14-17-18-19-20(14)12-4-5-12/h3,6-7,9,12,16H,4-5,8H2,1-2H3. The molecule has 1 aliphatic carbocycles. The largest absolute Gasteiger partial charge is 0.310 e. The highest BCUT2D eigenvalue weighted by atomic mass is 79.9. The van der Waals surface area contributed by atoms with Gasteiger partial charge in [0.25, 0.3) is 0 Å². The van der Waals surface area contributed by atoms with Gasteiger partial charge in [-0.1, -0.05) is 29.8 Å². The second-order valence-electron chi connectivity index (χ2n) is 5.53. The van der Waals surface area contributed by atoms with Gasteiger partial charge in [0.1, 0.15) is 0 Å². The Hall–Kier alpha value is -0.920. The summed E-state index contributed by atoms with van der Waals surface area (Å²) >= 11 is 5.19. The number of halogens is 1. The van der Waals surface area contributed by atoms with Gasteiger partial charge in [-0.2, -0.15) is 0 Å². The number of benzene rings is 1. The van der Waals surface area contributed by atoms with Gasteiger partial charge in [0.05, 0.1) is 6.04 Å². The van der Waals surface area contributed by atoms with Crippen molar-refractivity contribution in [2.45, 2.75) is 55.4 Å². The van der Waals surface area contributed by atoms with Crippen LogP contribution in [0.2, 0.25) is 0 Å². The Labute approximate surface area is 137 Å². The quantitative estimate of drug-likeness (QED) is 0.847. The molecule has 3 rings (SSSR count). The summed E-state index contributed by atoms with van der Waals surface area (Å²) in [5, 5.41) is 16.4. The number of hydrogen-bond donors (Lipinski definition) is 1. The molecule has 112 valence electrons. The summed E-state index contributed by atoms with van der Waals surface area (Å²) in [5.74, 6) is 0.